The van der Waals surface area contributed by atoms with Crippen molar-refractivity contribution in [2.24, 2.45) is 11.7 Å². The lowest BCUT2D eigenvalue weighted by molar-refractivity contribution is 0.519. The third-order valence-corrected chi connectivity index (χ3v) is 2.65. The molecule has 1 nitrogen and oxygen atoms in total. The predicted octanol–water partition coefficient (Wildman–Crippen LogP) is 2.86. The van der Waals surface area contributed by atoms with E-state index in [1.165, 1.54) is 11.1 Å². The molecule has 2 N–H and O–H groups in total. The van der Waals surface area contributed by atoms with Gasteiger partial charge in [-0.2, -0.15) is 0 Å². The molecule has 0 saturated carbocycles. The van der Waals surface area contributed by atoms with Crippen molar-refractivity contribution in [2.45, 2.75) is 19.8 Å². The van der Waals surface area contributed by atoms with Crippen LogP contribution in [0.5, 0.6) is 0 Å². The summed E-state index contributed by atoms with van der Waals surface area (Å²) >= 11 is 0. The Bertz CT molecular complexity index is 270. The van der Waals surface area contributed by atoms with E-state index in [2.05, 4.69) is 37.8 Å². The van der Waals surface area contributed by atoms with Crippen LogP contribution in [0.3, 0.4) is 0 Å². The molecule has 0 saturated heterocycles. The van der Waals surface area contributed by atoms with Crippen LogP contribution < -0.4 is 5.73 Å². The Hall–Kier alpha value is -1.08. The van der Waals surface area contributed by atoms with Crippen LogP contribution in [0.25, 0.3) is 6.08 Å². The summed E-state index contributed by atoms with van der Waals surface area (Å²) in [6, 6.07) is 8.53. The molecule has 0 aliphatic rings. The van der Waals surface area contributed by atoms with Gasteiger partial charge in [-0.15, -0.1) is 0 Å². The summed E-state index contributed by atoms with van der Waals surface area (Å²) < 4.78 is 0. The van der Waals surface area contributed by atoms with E-state index < -0.39 is 0 Å². The summed E-state index contributed by atoms with van der Waals surface area (Å²) in [6.07, 6.45) is 4.11. The van der Waals surface area contributed by atoms with Gasteiger partial charge in [0.05, 0.1) is 0 Å². The molecule has 0 fully saturated rings. The Morgan fingerprint density at radius 2 is 2.00 bits per heavy atom. The lowest BCUT2D eigenvalue weighted by atomic mass is 9.96. The minimum atomic E-state index is 0.615. The number of nitrogens with two attached hydrogens (primary N) is 1. The lowest BCUT2D eigenvalue weighted by Gasteiger charge is -2.11. The fraction of sp³-hybridized carbons (Fsp3) is 0.385. The summed E-state index contributed by atoms with van der Waals surface area (Å²) in [5.74, 6) is 0.615. The maximum Gasteiger partial charge on any atom is -0.00458 e. The third-order valence-electron chi connectivity index (χ3n) is 2.65. The first kappa shape index (κ1) is 11.0. The molecule has 14 heavy (non-hydrogen) atoms. The minimum absolute atomic E-state index is 0.615. The summed E-state index contributed by atoms with van der Waals surface area (Å²) in [7, 11) is 0. The SMILES string of the molecule is C=Cc1ccc(CC(CC)CN)cc1. The number of hydrogen-bond acceptors (Lipinski definition) is 1. The molecule has 1 heteroatoms. The first-order chi connectivity index (χ1) is 6.80. The first-order valence-corrected chi connectivity index (χ1v) is 5.21. The highest BCUT2D eigenvalue weighted by molar-refractivity contribution is 5.47. The molecule has 1 atom stereocenters. The van der Waals surface area contributed by atoms with Gasteiger partial charge in [0.2, 0.25) is 0 Å². The fourth-order valence-electron chi connectivity index (χ4n) is 1.52. The van der Waals surface area contributed by atoms with E-state index in [1.54, 1.807) is 0 Å². The second kappa shape index (κ2) is 5.61. The highest BCUT2D eigenvalue weighted by Gasteiger charge is 2.04. The molecule has 1 aromatic rings. The molecular weight excluding hydrogens is 170 g/mol. The van der Waals surface area contributed by atoms with E-state index in [0.29, 0.717) is 5.92 Å². The van der Waals surface area contributed by atoms with Gasteiger partial charge in [-0.25, -0.2) is 0 Å². The zero-order valence-corrected chi connectivity index (χ0v) is 8.87. The van der Waals surface area contributed by atoms with Crippen molar-refractivity contribution in [1.29, 1.82) is 0 Å². The van der Waals surface area contributed by atoms with Crippen molar-refractivity contribution in [2.75, 3.05) is 6.54 Å². The van der Waals surface area contributed by atoms with Gasteiger partial charge in [-0.05, 0) is 30.0 Å². The van der Waals surface area contributed by atoms with Gasteiger partial charge in [0, 0.05) is 0 Å². The number of hydrogen-bond donors (Lipinski definition) is 1. The van der Waals surface area contributed by atoms with Gasteiger partial charge in [0.1, 0.15) is 0 Å². The summed E-state index contributed by atoms with van der Waals surface area (Å²) in [6.45, 7) is 6.70. The second-order valence-corrected chi connectivity index (χ2v) is 3.66. The zero-order chi connectivity index (χ0) is 10.4. The van der Waals surface area contributed by atoms with Gasteiger partial charge in [-0.1, -0.05) is 50.3 Å². The number of rotatable bonds is 5. The van der Waals surface area contributed by atoms with E-state index in [-0.39, 0.29) is 0 Å². The van der Waals surface area contributed by atoms with Crippen molar-refractivity contribution >= 4 is 6.08 Å². The van der Waals surface area contributed by atoms with Gasteiger partial charge >= 0.3 is 0 Å². The standard InChI is InChI=1S/C13H19N/c1-3-11-5-7-13(8-6-11)9-12(4-2)10-14/h3,5-8,12H,1,4,9-10,14H2,2H3. The van der Waals surface area contributed by atoms with E-state index in [1.807, 2.05) is 6.08 Å². The van der Waals surface area contributed by atoms with Crippen molar-refractivity contribution in [3.63, 3.8) is 0 Å². The van der Waals surface area contributed by atoms with Crippen molar-refractivity contribution in [3.8, 4) is 0 Å². The Kier molecular flexibility index (Phi) is 4.41. The molecule has 0 bridgehead atoms. The summed E-state index contributed by atoms with van der Waals surface area (Å²) in [4.78, 5) is 0. The lowest BCUT2D eigenvalue weighted by Crippen LogP contribution is -2.15. The molecule has 0 heterocycles. The van der Waals surface area contributed by atoms with E-state index in [4.69, 9.17) is 5.73 Å². The fourth-order valence-corrected chi connectivity index (χ4v) is 1.52. The Morgan fingerprint density at radius 3 is 2.43 bits per heavy atom. The normalized spacial score (nSPS) is 12.4. The largest absolute Gasteiger partial charge is 0.330 e. The van der Waals surface area contributed by atoms with Crippen LogP contribution in [-0.4, -0.2) is 6.54 Å². The smallest absolute Gasteiger partial charge is 0.00458 e. The highest BCUT2D eigenvalue weighted by Crippen LogP contribution is 2.12. The van der Waals surface area contributed by atoms with Gasteiger partial charge in [0.15, 0.2) is 0 Å². The maximum absolute atomic E-state index is 5.67. The third kappa shape index (κ3) is 3.00. The van der Waals surface area contributed by atoms with Crippen molar-refractivity contribution in [3.05, 3.63) is 42.0 Å². The average Bonchev–Trinajstić information content (AvgIpc) is 2.26. The topological polar surface area (TPSA) is 26.0 Å². The van der Waals surface area contributed by atoms with Crippen LogP contribution in [0.4, 0.5) is 0 Å². The van der Waals surface area contributed by atoms with Crippen LogP contribution in [0.1, 0.15) is 24.5 Å². The first-order valence-electron chi connectivity index (χ1n) is 5.21. The van der Waals surface area contributed by atoms with E-state index >= 15 is 0 Å². The Morgan fingerprint density at radius 1 is 1.36 bits per heavy atom. The van der Waals surface area contributed by atoms with E-state index in [9.17, 15) is 0 Å². The molecule has 0 amide bonds. The molecule has 0 aromatic heterocycles. The van der Waals surface area contributed by atoms with Gasteiger partial charge in [-0.3, -0.25) is 0 Å². The second-order valence-electron chi connectivity index (χ2n) is 3.66. The minimum Gasteiger partial charge on any atom is -0.330 e. The molecule has 76 valence electrons. The molecule has 0 spiro atoms. The van der Waals surface area contributed by atoms with Crippen LogP contribution >= 0.6 is 0 Å². The van der Waals surface area contributed by atoms with Crippen LogP contribution in [-0.2, 0) is 6.42 Å². The highest BCUT2D eigenvalue weighted by atomic mass is 14.5. The molecule has 1 rings (SSSR count). The molecule has 0 radical (unpaired) electrons. The summed E-state index contributed by atoms with van der Waals surface area (Å²) in [5, 5.41) is 0. The van der Waals surface area contributed by atoms with Crippen molar-refractivity contribution < 1.29 is 0 Å². The number of benzene rings is 1. The average molecular weight is 189 g/mol. The molecule has 1 unspecified atom stereocenters. The molecule has 1 aromatic carbocycles. The Labute approximate surface area is 86.6 Å². The molecular formula is C13H19N. The molecule has 0 aliphatic carbocycles. The van der Waals surface area contributed by atoms with E-state index in [0.717, 1.165) is 19.4 Å². The van der Waals surface area contributed by atoms with Crippen LogP contribution in [0, 0.1) is 5.92 Å². The monoisotopic (exact) mass is 189 g/mol. The van der Waals surface area contributed by atoms with Gasteiger partial charge < -0.3 is 5.73 Å². The summed E-state index contributed by atoms with van der Waals surface area (Å²) in [5.41, 5.74) is 8.21. The quantitative estimate of drug-likeness (QED) is 0.757. The van der Waals surface area contributed by atoms with Gasteiger partial charge in [0.25, 0.3) is 0 Å². The van der Waals surface area contributed by atoms with Crippen molar-refractivity contribution in [1.82, 2.24) is 0 Å². The van der Waals surface area contributed by atoms with Crippen LogP contribution in [0.15, 0.2) is 30.8 Å². The molecule has 0 aliphatic heterocycles. The predicted molar refractivity (Wildman–Crippen MR) is 63.1 cm³/mol. The zero-order valence-electron chi connectivity index (χ0n) is 8.87. The maximum atomic E-state index is 5.67. The Balaban J connectivity index is 2.63. The van der Waals surface area contributed by atoms with Crippen LogP contribution in [0.2, 0.25) is 0 Å².